The average Bonchev–Trinajstić information content (AvgIpc) is 2.55. The highest BCUT2D eigenvalue weighted by Gasteiger charge is 2.23. The summed E-state index contributed by atoms with van der Waals surface area (Å²) in [5.41, 5.74) is 1.50. The van der Waals surface area contributed by atoms with E-state index >= 15 is 0 Å². The SMILES string of the molecule is [2H]C1CCCC=C(C)CCCC(C)CC(CC=C)C([2H])C(C)(C)CC1. The van der Waals surface area contributed by atoms with Crippen LogP contribution in [0.4, 0.5) is 0 Å². The highest BCUT2D eigenvalue weighted by molar-refractivity contribution is 4.97. The normalized spacial score (nSPS) is 36.4. The molecule has 0 nitrogen and oxygen atoms in total. The van der Waals surface area contributed by atoms with Crippen LogP contribution in [-0.2, 0) is 0 Å². The molecule has 0 heteroatoms. The van der Waals surface area contributed by atoms with E-state index in [-0.39, 0.29) is 18.2 Å². The third-order valence-corrected chi connectivity index (χ3v) is 5.23. The smallest absolute Gasteiger partial charge is 0.0275 e. The van der Waals surface area contributed by atoms with Gasteiger partial charge >= 0.3 is 0 Å². The molecule has 0 amide bonds. The van der Waals surface area contributed by atoms with Crippen molar-refractivity contribution >= 4 is 0 Å². The zero-order valence-electron chi connectivity index (χ0n) is 18.2. The first kappa shape index (κ1) is 17.3. The van der Waals surface area contributed by atoms with Crippen LogP contribution in [0.5, 0.6) is 0 Å². The molecule has 0 bridgehead atoms. The Bertz CT molecular complexity index is 410. The van der Waals surface area contributed by atoms with Gasteiger partial charge in [0.15, 0.2) is 0 Å². The lowest BCUT2D eigenvalue weighted by Crippen LogP contribution is -2.19. The van der Waals surface area contributed by atoms with Gasteiger partial charge in [-0.25, -0.2) is 0 Å². The molecular weight excluding hydrogens is 276 g/mol. The maximum Gasteiger partial charge on any atom is 0.0275 e. The van der Waals surface area contributed by atoms with Gasteiger partial charge in [-0.2, -0.15) is 0 Å². The van der Waals surface area contributed by atoms with E-state index in [0.717, 1.165) is 44.9 Å². The van der Waals surface area contributed by atoms with Crippen molar-refractivity contribution in [2.75, 3.05) is 0 Å². The molecule has 0 aliphatic heterocycles. The Morgan fingerprint density at radius 2 is 2.09 bits per heavy atom. The lowest BCUT2D eigenvalue weighted by atomic mass is 9.75. The summed E-state index contributed by atoms with van der Waals surface area (Å²) in [6, 6.07) is 0. The molecule has 0 saturated heterocycles. The average molecular weight is 321 g/mol. The van der Waals surface area contributed by atoms with Crippen molar-refractivity contribution < 1.29 is 2.74 Å². The summed E-state index contributed by atoms with van der Waals surface area (Å²) in [6.45, 7) is 13.0. The lowest BCUT2D eigenvalue weighted by Gasteiger charge is -2.31. The van der Waals surface area contributed by atoms with Crippen LogP contribution in [-0.4, -0.2) is 0 Å². The minimum absolute atomic E-state index is 0.0136. The molecule has 0 saturated carbocycles. The van der Waals surface area contributed by atoms with Gasteiger partial charge in [-0.05, 0) is 75.5 Å². The standard InChI is InChI=1S/C23H42/c1-6-13-22-18-21(3)16-12-15-20(2)14-10-8-7-9-11-17-23(4,5)19-22/h6,14,21-22H,1,7-13,15-19H2,2-5H3/i9D,19D. The third kappa shape index (κ3) is 10.0. The highest BCUT2D eigenvalue weighted by Crippen LogP contribution is 2.36. The van der Waals surface area contributed by atoms with Crippen molar-refractivity contribution in [1.29, 1.82) is 0 Å². The van der Waals surface area contributed by atoms with Crippen molar-refractivity contribution in [2.45, 2.75) is 105 Å². The number of hydrogen-bond acceptors (Lipinski definition) is 0. The summed E-state index contributed by atoms with van der Waals surface area (Å²) in [7, 11) is 0. The van der Waals surface area contributed by atoms with E-state index in [9.17, 15) is 0 Å². The number of rotatable bonds is 2. The summed E-state index contributed by atoms with van der Waals surface area (Å²) >= 11 is 0. The minimum Gasteiger partial charge on any atom is -0.103 e. The third-order valence-electron chi connectivity index (χ3n) is 5.23. The molecule has 0 aromatic heterocycles. The summed E-state index contributed by atoms with van der Waals surface area (Å²) in [5, 5.41) is 0. The maximum absolute atomic E-state index is 8.91. The van der Waals surface area contributed by atoms with E-state index in [0.29, 0.717) is 11.8 Å². The second kappa shape index (κ2) is 11.1. The Hall–Kier alpha value is -0.520. The summed E-state index contributed by atoms with van der Waals surface area (Å²) in [6.07, 6.45) is 15.4. The van der Waals surface area contributed by atoms with E-state index in [1.54, 1.807) is 0 Å². The van der Waals surface area contributed by atoms with Crippen LogP contribution in [0.15, 0.2) is 24.3 Å². The molecule has 0 spiro atoms. The predicted octanol–water partition coefficient (Wildman–Crippen LogP) is 8.09. The van der Waals surface area contributed by atoms with E-state index in [1.807, 2.05) is 6.08 Å². The Kier molecular flexibility index (Phi) is 8.36. The van der Waals surface area contributed by atoms with E-state index in [2.05, 4.69) is 40.3 Å². The topological polar surface area (TPSA) is 0 Å². The first-order chi connectivity index (χ1) is 11.8. The van der Waals surface area contributed by atoms with Crippen molar-refractivity contribution in [1.82, 2.24) is 0 Å². The van der Waals surface area contributed by atoms with Crippen LogP contribution in [0.25, 0.3) is 0 Å². The monoisotopic (exact) mass is 320 g/mol. The van der Waals surface area contributed by atoms with Gasteiger partial charge in [-0.15, -0.1) is 6.58 Å². The molecule has 1 aliphatic rings. The Balaban J connectivity index is 2.84. The van der Waals surface area contributed by atoms with Gasteiger partial charge in [0.25, 0.3) is 0 Å². The van der Waals surface area contributed by atoms with Gasteiger partial charge in [0.05, 0.1) is 0 Å². The van der Waals surface area contributed by atoms with Crippen LogP contribution in [0.3, 0.4) is 0 Å². The van der Waals surface area contributed by atoms with Crippen LogP contribution in [0.1, 0.15) is 107 Å². The largest absolute Gasteiger partial charge is 0.103 e. The van der Waals surface area contributed by atoms with Gasteiger partial charge < -0.3 is 0 Å². The van der Waals surface area contributed by atoms with Crippen molar-refractivity contribution in [3.8, 4) is 0 Å². The quantitative estimate of drug-likeness (QED) is 0.451. The van der Waals surface area contributed by atoms with E-state index in [1.165, 1.54) is 24.8 Å². The summed E-state index contributed by atoms with van der Waals surface area (Å²) in [4.78, 5) is 0. The fraction of sp³-hybridized carbons (Fsp3) is 0.826. The summed E-state index contributed by atoms with van der Waals surface area (Å²) in [5.74, 6) is 1.08. The van der Waals surface area contributed by atoms with Crippen LogP contribution in [0, 0.1) is 17.3 Å². The van der Waals surface area contributed by atoms with Crippen LogP contribution < -0.4 is 0 Å². The van der Waals surface area contributed by atoms with Gasteiger partial charge in [0.1, 0.15) is 0 Å². The molecule has 1 rings (SSSR count). The molecular formula is C23H42. The molecule has 0 aromatic carbocycles. The maximum atomic E-state index is 8.91. The molecule has 0 fully saturated rings. The Morgan fingerprint density at radius 1 is 1.30 bits per heavy atom. The zero-order valence-corrected chi connectivity index (χ0v) is 16.2. The number of hydrogen-bond donors (Lipinski definition) is 0. The second-order valence-electron chi connectivity index (χ2n) is 8.48. The van der Waals surface area contributed by atoms with Crippen molar-refractivity contribution in [3.05, 3.63) is 24.3 Å². The first-order valence-corrected chi connectivity index (χ1v) is 9.87. The Labute approximate surface area is 149 Å². The molecule has 0 N–H and O–H groups in total. The molecule has 0 radical (unpaired) electrons. The molecule has 4 atom stereocenters. The molecule has 23 heavy (non-hydrogen) atoms. The van der Waals surface area contributed by atoms with Gasteiger partial charge in [-0.1, -0.05) is 64.2 Å². The van der Waals surface area contributed by atoms with E-state index in [4.69, 9.17) is 2.74 Å². The fourth-order valence-electron chi connectivity index (χ4n) is 3.86. The lowest BCUT2D eigenvalue weighted by molar-refractivity contribution is 0.215. The second-order valence-corrected chi connectivity index (χ2v) is 8.48. The summed E-state index contributed by atoms with van der Waals surface area (Å²) < 4.78 is 17.3. The Morgan fingerprint density at radius 3 is 2.83 bits per heavy atom. The predicted molar refractivity (Wildman–Crippen MR) is 106 cm³/mol. The van der Waals surface area contributed by atoms with Crippen molar-refractivity contribution in [2.24, 2.45) is 17.3 Å². The first-order valence-electron chi connectivity index (χ1n) is 11.0. The number of allylic oxidation sites excluding steroid dienone is 3. The van der Waals surface area contributed by atoms with Gasteiger partial charge in [0.2, 0.25) is 0 Å². The van der Waals surface area contributed by atoms with Crippen molar-refractivity contribution in [3.63, 3.8) is 0 Å². The van der Waals surface area contributed by atoms with Gasteiger partial charge in [-0.3, -0.25) is 0 Å². The molecule has 0 aromatic rings. The molecule has 1 aliphatic carbocycles. The van der Waals surface area contributed by atoms with E-state index < -0.39 is 0 Å². The molecule has 4 unspecified atom stereocenters. The zero-order chi connectivity index (χ0) is 18.9. The minimum atomic E-state index is -0.0605. The highest BCUT2D eigenvalue weighted by atomic mass is 14.3. The van der Waals surface area contributed by atoms with Crippen LogP contribution >= 0.6 is 0 Å². The molecule has 134 valence electrons. The fourth-order valence-corrected chi connectivity index (χ4v) is 3.86. The van der Waals surface area contributed by atoms with Crippen LogP contribution in [0.2, 0.25) is 0 Å². The van der Waals surface area contributed by atoms with Gasteiger partial charge in [0, 0.05) is 2.74 Å². The molecule has 0 heterocycles.